The molecule has 1 aliphatic rings. The van der Waals surface area contributed by atoms with Crippen LogP contribution in [0.1, 0.15) is 26.7 Å². The summed E-state index contributed by atoms with van der Waals surface area (Å²) in [6, 6.07) is 0. The van der Waals surface area contributed by atoms with Crippen molar-refractivity contribution in [1.29, 1.82) is 0 Å². The van der Waals surface area contributed by atoms with Crippen LogP contribution in [0, 0.1) is 11.3 Å². The minimum atomic E-state index is 0.390. The van der Waals surface area contributed by atoms with Crippen LogP contribution in [0.3, 0.4) is 0 Å². The molecule has 0 heterocycles. The van der Waals surface area contributed by atoms with Crippen molar-refractivity contribution in [2.24, 2.45) is 11.3 Å². The van der Waals surface area contributed by atoms with E-state index in [1.54, 1.807) is 0 Å². The lowest BCUT2D eigenvalue weighted by molar-refractivity contribution is 0.352. The van der Waals surface area contributed by atoms with Gasteiger partial charge in [-0.05, 0) is 38.3 Å². The molecule has 0 radical (unpaired) electrons. The van der Waals surface area contributed by atoms with Gasteiger partial charge >= 0.3 is 0 Å². The van der Waals surface area contributed by atoms with Gasteiger partial charge in [0.2, 0.25) is 0 Å². The zero-order valence-corrected chi connectivity index (χ0v) is 8.85. The molecule has 1 aliphatic carbocycles. The summed E-state index contributed by atoms with van der Waals surface area (Å²) in [6.07, 6.45) is 2.63. The minimum Gasteiger partial charge on any atom is -0.309 e. The van der Waals surface area contributed by atoms with Gasteiger partial charge in [0.05, 0.1) is 0 Å². The molecule has 1 unspecified atom stereocenters. The molecule has 1 saturated carbocycles. The molecule has 0 aromatic carbocycles. The second-order valence-corrected chi connectivity index (χ2v) is 4.91. The van der Waals surface area contributed by atoms with Crippen LogP contribution in [0.25, 0.3) is 0 Å². The third-order valence-corrected chi connectivity index (χ3v) is 3.07. The van der Waals surface area contributed by atoms with Gasteiger partial charge in [0.1, 0.15) is 0 Å². The summed E-state index contributed by atoms with van der Waals surface area (Å²) in [5, 5.41) is 0. The summed E-state index contributed by atoms with van der Waals surface area (Å²) in [6.45, 7) is 10.0. The molecule has 0 aliphatic heterocycles. The Morgan fingerprint density at radius 1 is 1.50 bits per heavy atom. The van der Waals surface area contributed by atoms with Gasteiger partial charge in [0, 0.05) is 6.54 Å². The lowest BCUT2D eigenvalue weighted by Gasteiger charge is -2.23. The maximum atomic E-state index is 4.21. The highest BCUT2D eigenvalue weighted by atomic mass is 15.1. The van der Waals surface area contributed by atoms with Crippen LogP contribution in [0.2, 0.25) is 0 Å². The Labute approximate surface area is 76.5 Å². The van der Waals surface area contributed by atoms with Crippen molar-refractivity contribution in [2.45, 2.75) is 26.7 Å². The Balaban J connectivity index is 2.56. The summed E-state index contributed by atoms with van der Waals surface area (Å²) in [4.78, 5) is 2.26. The molecule has 0 aromatic rings. The molecule has 0 spiro atoms. The van der Waals surface area contributed by atoms with E-state index in [9.17, 15) is 0 Å². The molecule has 1 heteroatoms. The summed E-state index contributed by atoms with van der Waals surface area (Å²) in [5.41, 5.74) is 1.84. The van der Waals surface area contributed by atoms with Crippen molar-refractivity contribution >= 4 is 0 Å². The van der Waals surface area contributed by atoms with Crippen LogP contribution in [-0.2, 0) is 0 Å². The Bertz CT molecular complexity index is 179. The minimum absolute atomic E-state index is 0.390. The second-order valence-electron chi connectivity index (χ2n) is 4.91. The second kappa shape index (κ2) is 3.21. The molecule has 1 atom stereocenters. The number of rotatable bonds is 2. The number of nitrogens with zero attached hydrogens (tertiary/aromatic N) is 1. The molecule has 0 bridgehead atoms. The molecule has 12 heavy (non-hydrogen) atoms. The zero-order valence-electron chi connectivity index (χ0n) is 8.85. The van der Waals surface area contributed by atoms with Crippen LogP contribution >= 0.6 is 0 Å². The van der Waals surface area contributed by atoms with Crippen LogP contribution < -0.4 is 0 Å². The third-order valence-electron chi connectivity index (χ3n) is 3.07. The fourth-order valence-electron chi connectivity index (χ4n) is 2.06. The Hall–Kier alpha value is -0.300. The predicted molar refractivity (Wildman–Crippen MR) is 54.2 cm³/mol. The van der Waals surface area contributed by atoms with Crippen molar-refractivity contribution < 1.29 is 0 Å². The highest BCUT2D eigenvalue weighted by Crippen LogP contribution is 2.44. The first-order valence-corrected chi connectivity index (χ1v) is 4.77. The van der Waals surface area contributed by atoms with Crippen molar-refractivity contribution in [3.05, 3.63) is 12.2 Å². The van der Waals surface area contributed by atoms with E-state index in [4.69, 9.17) is 0 Å². The summed E-state index contributed by atoms with van der Waals surface area (Å²) < 4.78 is 0. The van der Waals surface area contributed by atoms with E-state index in [0.29, 0.717) is 5.41 Å². The largest absolute Gasteiger partial charge is 0.309 e. The van der Waals surface area contributed by atoms with Crippen LogP contribution in [0.15, 0.2) is 12.2 Å². The number of hydrogen-bond acceptors (Lipinski definition) is 1. The molecule has 1 rings (SSSR count). The van der Waals surface area contributed by atoms with Crippen LogP contribution in [-0.4, -0.2) is 25.5 Å². The van der Waals surface area contributed by atoms with E-state index in [2.05, 4.69) is 39.4 Å². The van der Waals surface area contributed by atoms with Crippen LogP contribution in [0.5, 0.6) is 0 Å². The van der Waals surface area contributed by atoms with Gasteiger partial charge < -0.3 is 4.90 Å². The van der Waals surface area contributed by atoms with Gasteiger partial charge in [-0.3, -0.25) is 0 Å². The average Bonchev–Trinajstić information content (AvgIpc) is 2.15. The van der Waals surface area contributed by atoms with Gasteiger partial charge in [-0.1, -0.05) is 26.0 Å². The van der Waals surface area contributed by atoms with Gasteiger partial charge in [-0.15, -0.1) is 0 Å². The van der Waals surface area contributed by atoms with E-state index in [1.807, 2.05) is 0 Å². The Morgan fingerprint density at radius 2 is 2.08 bits per heavy atom. The monoisotopic (exact) mass is 167 g/mol. The third kappa shape index (κ3) is 1.89. The molecule has 0 saturated heterocycles. The normalized spacial score (nSPS) is 28.4. The van der Waals surface area contributed by atoms with E-state index in [1.165, 1.54) is 25.0 Å². The van der Waals surface area contributed by atoms with Crippen molar-refractivity contribution in [2.75, 3.05) is 20.6 Å². The molecule has 0 aromatic heterocycles. The fraction of sp³-hybridized carbons (Fsp3) is 0.818. The smallest absolute Gasteiger partial charge is 0.00410 e. The van der Waals surface area contributed by atoms with Gasteiger partial charge in [0.15, 0.2) is 0 Å². The standard InChI is InChI=1S/C11H21N/c1-9-10(8-12(4)5)6-7-11(9,2)3/h10H,1,6-8H2,2-5H3. The summed E-state index contributed by atoms with van der Waals surface area (Å²) in [5.74, 6) is 0.731. The number of hydrogen-bond donors (Lipinski definition) is 0. The van der Waals surface area contributed by atoms with Crippen molar-refractivity contribution in [1.82, 2.24) is 4.90 Å². The molecular weight excluding hydrogens is 146 g/mol. The quantitative estimate of drug-likeness (QED) is 0.571. The van der Waals surface area contributed by atoms with Crippen LogP contribution in [0.4, 0.5) is 0 Å². The van der Waals surface area contributed by atoms with Crippen molar-refractivity contribution in [3.8, 4) is 0 Å². The topological polar surface area (TPSA) is 3.24 Å². The maximum Gasteiger partial charge on any atom is 0.00410 e. The molecule has 1 nitrogen and oxygen atoms in total. The Morgan fingerprint density at radius 3 is 2.42 bits per heavy atom. The molecule has 0 N–H and O–H groups in total. The molecule has 1 fully saturated rings. The van der Waals surface area contributed by atoms with E-state index < -0.39 is 0 Å². The highest BCUT2D eigenvalue weighted by Gasteiger charge is 2.34. The van der Waals surface area contributed by atoms with Crippen molar-refractivity contribution in [3.63, 3.8) is 0 Å². The average molecular weight is 167 g/mol. The lowest BCUT2D eigenvalue weighted by atomic mass is 9.86. The molecule has 0 amide bonds. The molecular formula is C11H21N. The van der Waals surface area contributed by atoms with E-state index in [-0.39, 0.29) is 0 Å². The van der Waals surface area contributed by atoms with E-state index in [0.717, 1.165) is 5.92 Å². The van der Waals surface area contributed by atoms with Gasteiger partial charge in [-0.2, -0.15) is 0 Å². The fourth-order valence-corrected chi connectivity index (χ4v) is 2.06. The van der Waals surface area contributed by atoms with Gasteiger partial charge in [-0.25, -0.2) is 0 Å². The highest BCUT2D eigenvalue weighted by molar-refractivity contribution is 5.16. The SMILES string of the molecule is C=C1C(CN(C)C)CCC1(C)C. The first-order valence-electron chi connectivity index (χ1n) is 4.77. The predicted octanol–water partition coefficient (Wildman–Crippen LogP) is 2.54. The first-order chi connectivity index (χ1) is 5.43. The molecule has 70 valence electrons. The summed E-state index contributed by atoms with van der Waals surface area (Å²) in [7, 11) is 4.28. The zero-order chi connectivity index (χ0) is 9.35. The van der Waals surface area contributed by atoms with E-state index >= 15 is 0 Å². The maximum absolute atomic E-state index is 4.21. The summed E-state index contributed by atoms with van der Waals surface area (Å²) >= 11 is 0. The Kier molecular flexibility index (Phi) is 2.62. The lowest BCUT2D eigenvalue weighted by Crippen LogP contribution is -2.22. The van der Waals surface area contributed by atoms with Gasteiger partial charge in [0.25, 0.3) is 0 Å². The first kappa shape index (κ1) is 9.79.